The predicted molar refractivity (Wildman–Crippen MR) is 76.8 cm³/mol. The van der Waals surface area contributed by atoms with E-state index in [-0.39, 0.29) is 6.04 Å². The number of thioether (sulfide) groups is 1. The monoisotopic (exact) mass is 261 g/mol. The first-order chi connectivity index (χ1) is 8.58. The van der Waals surface area contributed by atoms with Crippen molar-refractivity contribution in [2.75, 3.05) is 5.75 Å². The summed E-state index contributed by atoms with van der Waals surface area (Å²) in [6.07, 6.45) is 0. The second kappa shape index (κ2) is 5.59. The lowest BCUT2D eigenvalue weighted by Crippen LogP contribution is -2.14. The summed E-state index contributed by atoms with van der Waals surface area (Å²) in [4.78, 5) is 0. The highest BCUT2D eigenvalue weighted by Crippen LogP contribution is 2.25. The molecule has 0 radical (unpaired) electrons. The van der Waals surface area contributed by atoms with Gasteiger partial charge < -0.3 is 5.73 Å². The Morgan fingerprint density at radius 1 is 1.33 bits per heavy atom. The Balaban J connectivity index is 2.03. The van der Waals surface area contributed by atoms with Crippen molar-refractivity contribution >= 4 is 11.8 Å². The lowest BCUT2D eigenvalue weighted by molar-refractivity contribution is 0.691. The summed E-state index contributed by atoms with van der Waals surface area (Å²) in [5.41, 5.74) is 9.78. The molecule has 1 heterocycles. The van der Waals surface area contributed by atoms with Crippen LogP contribution in [-0.2, 0) is 7.05 Å². The van der Waals surface area contributed by atoms with Crippen molar-refractivity contribution in [2.45, 2.75) is 24.9 Å². The number of aryl methyl sites for hydroxylation is 3. The van der Waals surface area contributed by atoms with E-state index in [0.717, 1.165) is 16.5 Å². The van der Waals surface area contributed by atoms with Crippen molar-refractivity contribution in [1.82, 2.24) is 9.78 Å². The summed E-state index contributed by atoms with van der Waals surface area (Å²) in [6, 6.07) is 10.5. The molecule has 0 bridgehead atoms. The minimum atomic E-state index is 0.0615. The molecule has 0 saturated heterocycles. The van der Waals surface area contributed by atoms with Gasteiger partial charge in [0.15, 0.2) is 0 Å². The summed E-state index contributed by atoms with van der Waals surface area (Å²) >= 11 is 1.75. The van der Waals surface area contributed by atoms with Crippen molar-refractivity contribution in [3.8, 4) is 0 Å². The van der Waals surface area contributed by atoms with Gasteiger partial charge in [-0.3, -0.25) is 4.68 Å². The van der Waals surface area contributed by atoms with Gasteiger partial charge in [0.25, 0.3) is 0 Å². The van der Waals surface area contributed by atoms with E-state index in [1.807, 2.05) is 30.8 Å². The minimum Gasteiger partial charge on any atom is -0.323 e. The molecule has 1 atom stereocenters. The lowest BCUT2D eigenvalue weighted by atomic mass is 10.0. The van der Waals surface area contributed by atoms with Crippen LogP contribution in [0.5, 0.6) is 0 Å². The average molecular weight is 261 g/mol. The Morgan fingerprint density at radius 2 is 2.06 bits per heavy atom. The number of aromatic nitrogens is 2. The molecule has 1 aromatic heterocycles. The number of nitrogens with zero attached hydrogens (tertiary/aromatic N) is 2. The van der Waals surface area contributed by atoms with E-state index in [4.69, 9.17) is 5.73 Å². The lowest BCUT2D eigenvalue weighted by Gasteiger charge is -2.14. The Hall–Kier alpha value is -1.26. The van der Waals surface area contributed by atoms with Gasteiger partial charge in [-0.1, -0.05) is 24.3 Å². The normalized spacial score (nSPS) is 12.7. The smallest absolute Gasteiger partial charge is 0.0939 e. The van der Waals surface area contributed by atoms with Gasteiger partial charge in [-0.15, -0.1) is 11.8 Å². The number of rotatable bonds is 4. The fraction of sp³-hybridized carbons (Fsp3) is 0.357. The van der Waals surface area contributed by atoms with Crippen LogP contribution in [0.25, 0.3) is 0 Å². The Kier molecular flexibility index (Phi) is 4.09. The van der Waals surface area contributed by atoms with E-state index in [9.17, 15) is 0 Å². The fourth-order valence-corrected chi connectivity index (χ4v) is 3.00. The topological polar surface area (TPSA) is 43.8 Å². The van der Waals surface area contributed by atoms with E-state index >= 15 is 0 Å². The Morgan fingerprint density at radius 3 is 2.67 bits per heavy atom. The molecule has 2 N–H and O–H groups in total. The summed E-state index contributed by atoms with van der Waals surface area (Å²) in [5, 5.41) is 5.50. The van der Waals surface area contributed by atoms with Crippen molar-refractivity contribution < 1.29 is 0 Å². The van der Waals surface area contributed by atoms with Gasteiger partial charge in [0.1, 0.15) is 0 Å². The van der Waals surface area contributed by atoms with E-state index < -0.39 is 0 Å². The van der Waals surface area contributed by atoms with Crippen LogP contribution in [0, 0.1) is 13.8 Å². The summed E-state index contributed by atoms with van der Waals surface area (Å²) in [7, 11) is 1.97. The average Bonchev–Trinajstić information content (AvgIpc) is 2.65. The SMILES string of the molecule is Cc1cc(SCC(N)c2ccccc2C)n(C)n1. The van der Waals surface area contributed by atoms with Crippen LogP contribution >= 0.6 is 11.8 Å². The molecular weight excluding hydrogens is 242 g/mol. The molecule has 2 rings (SSSR count). The molecule has 0 aliphatic heterocycles. The number of nitrogens with two attached hydrogens (primary N) is 1. The molecule has 4 heteroatoms. The third-order valence-corrected chi connectivity index (χ3v) is 4.16. The highest BCUT2D eigenvalue weighted by molar-refractivity contribution is 7.99. The molecule has 96 valence electrons. The van der Waals surface area contributed by atoms with E-state index in [1.165, 1.54) is 11.1 Å². The summed E-state index contributed by atoms with van der Waals surface area (Å²) in [5.74, 6) is 0.865. The predicted octanol–water partition coefficient (Wildman–Crippen LogP) is 2.83. The zero-order chi connectivity index (χ0) is 13.1. The molecule has 1 aromatic carbocycles. The fourth-order valence-electron chi connectivity index (χ4n) is 1.99. The van der Waals surface area contributed by atoms with Crippen LogP contribution in [0.1, 0.15) is 22.9 Å². The molecule has 0 amide bonds. The van der Waals surface area contributed by atoms with Gasteiger partial charge in [-0.25, -0.2) is 0 Å². The molecular formula is C14H19N3S. The van der Waals surface area contributed by atoms with Crippen LogP contribution in [0.3, 0.4) is 0 Å². The first kappa shape index (κ1) is 13.2. The maximum absolute atomic E-state index is 6.25. The first-order valence-electron chi connectivity index (χ1n) is 6.02. The Bertz CT molecular complexity index is 534. The third kappa shape index (κ3) is 2.94. The van der Waals surface area contributed by atoms with Gasteiger partial charge in [0, 0.05) is 18.8 Å². The van der Waals surface area contributed by atoms with E-state index in [0.29, 0.717) is 0 Å². The minimum absolute atomic E-state index is 0.0615. The van der Waals surface area contributed by atoms with Gasteiger partial charge in [0.2, 0.25) is 0 Å². The second-order valence-electron chi connectivity index (χ2n) is 4.52. The highest BCUT2D eigenvalue weighted by atomic mass is 32.2. The molecule has 0 aliphatic carbocycles. The quantitative estimate of drug-likeness (QED) is 0.861. The molecule has 0 spiro atoms. The third-order valence-electron chi connectivity index (χ3n) is 2.96. The van der Waals surface area contributed by atoms with Gasteiger partial charge in [-0.05, 0) is 31.0 Å². The molecule has 0 saturated carbocycles. The van der Waals surface area contributed by atoms with Crippen LogP contribution < -0.4 is 5.73 Å². The summed E-state index contributed by atoms with van der Waals surface area (Å²) < 4.78 is 1.91. The standard InChI is InChI=1S/C14H19N3S/c1-10-6-4-5-7-12(10)13(15)9-18-14-8-11(2)16-17(14)3/h4-8,13H,9,15H2,1-3H3. The van der Waals surface area contributed by atoms with Crippen LogP contribution in [0.4, 0.5) is 0 Å². The summed E-state index contributed by atoms with van der Waals surface area (Å²) in [6.45, 7) is 4.11. The maximum Gasteiger partial charge on any atom is 0.0939 e. The maximum atomic E-state index is 6.25. The van der Waals surface area contributed by atoms with Crippen molar-refractivity contribution in [3.05, 3.63) is 47.2 Å². The number of hydrogen-bond acceptors (Lipinski definition) is 3. The van der Waals surface area contributed by atoms with Crippen molar-refractivity contribution in [1.29, 1.82) is 0 Å². The van der Waals surface area contributed by atoms with Gasteiger partial charge >= 0.3 is 0 Å². The second-order valence-corrected chi connectivity index (χ2v) is 5.56. The van der Waals surface area contributed by atoms with Crippen LogP contribution in [0.2, 0.25) is 0 Å². The molecule has 0 fully saturated rings. The molecule has 18 heavy (non-hydrogen) atoms. The van der Waals surface area contributed by atoms with Crippen LogP contribution in [-0.4, -0.2) is 15.5 Å². The highest BCUT2D eigenvalue weighted by Gasteiger charge is 2.10. The Labute approximate surface area is 112 Å². The zero-order valence-corrected chi connectivity index (χ0v) is 11.9. The largest absolute Gasteiger partial charge is 0.323 e. The van der Waals surface area contributed by atoms with Crippen molar-refractivity contribution in [2.24, 2.45) is 12.8 Å². The first-order valence-corrected chi connectivity index (χ1v) is 7.01. The molecule has 2 aromatic rings. The number of benzene rings is 1. The number of hydrogen-bond donors (Lipinski definition) is 1. The van der Waals surface area contributed by atoms with Crippen molar-refractivity contribution in [3.63, 3.8) is 0 Å². The van der Waals surface area contributed by atoms with Gasteiger partial charge in [0.05, 0.1) is 10.7 Å². The zero-order valence-electron chi connectivity index (χ0n) is 11.1. The van der Waals surface area contributed by atoms with Gasteiger partial charge in [-0.2, -0.15) is 5.10 Å². The molecule has 0 aliphatic rings. The molecule has 3 nitrogen and oxygen atoms in total. The van der Waals surface area contributed by atoms with E-state index in [1.54, 1.807) is 11.8 Å². The van der Waals surface area contributed by atoms with E-state index in [2.05, 4.69) is 30.2 Å². The van der Waals surface area contributed by atoms with Crippen LogP contribution in [0.15, 0.2) is 35.4 Å². The molecule has 1 unspecified atom stereocenters.